The van der Waals surface area contributed by atoms with Gasteiger partial charge in [0.2, 0.25) is 0 Å². The molecule has 1 rings (SSSR count). The van der Waals surface area contributed by atoms with Crippen molar-refractivity contribution in [1.82, 2.24) is 0 Å². The van der Waals surface area contributed by atoms with E-state index in [-0.39, 0.29) is 18.0 Å². The molecule has 1 atom stereocenters. The van der Waals surface area contributed by atoms with Crippen LogP contribution in [0.15, 0.2) is 24.3 Å². The number of benzene rings is 1. The SMILES string of the molecule is CC(CCC(=O)c1ccc(F)cc1)OC(N)=O. The van der Waals surface area contributed by atoms with Gasteiger partial charge in [-0.25, -0.2) is 9.18 Å². The van der Waals surface area contributed by atoms with Crippen molar-refractivity contribution < 1.29 is 18.7 Å². The molecule has 0 aliphatic heterocycles. The molecule has 0 bridgehead atoms. The number of carbonyl (C=O) groups is 2. The predicted molar refractivity (Wildman–Crippen MR) is 60.1 cm³/mol. The number of ether oxygens (including phenoxy) is 1. The van der Waals surface area contributed by atoms with Crippen LogP contribution in [0.5, 0.6) is 0 Å². The Balaban J connectivity index is 2.44. The summed E-state index contributed by atoms with van der Waals surface area (Å²) in [5.74, 6) is -0.503. The first-order valence-corrected chi connectivity index (χ1v) is 5.24. The van der Waals surface area contributed by atoms with E-state index in [1.165, 1.54) is 24.3 Å². The van der Waals surface area contributed by atoms with Crippen LogP contribution in [0.1, 0.15) is 30.1 Å². The smallest absolute Gasteiger partial charge is 0.404 e. The molecular weight excluding hydrogens is 225 g/mol. The van der Waals surface area contributed by atoms with Crippen LogP contribution in [0.4, 0.5) is 9.18 Å². The summed E-state index contributed by atoms with van der Waals surface area (Å²) >= 11 is 0. The van der Waals surface area contributed by atoms with Crippen LogP contribution < -0.4 is 5.73 Å². The van der Waals surface area contributed by atoms with E-state index < -0.39 is 12.2 Å². The zero-order valence-corrected chi connectivity index (χ0v) is 9.48. The van der Waals surface area contributed by atoms with E-state index in [1.54, 1.807) is 6.92 Å². The number of ketones is 1. The van der Waals surface area contributed by atoms with Crippen LogP contribution >= 0.6 is 0 Å². The number of Topliss-reactive ketones (excluding diaryl/α,β-unsaturated/α-hetero) is 1. The molecule has 1 aromatic carbocycles. The van der Waals surface area contributed by atoms with Gasteiger partial charge < -0.3 is 10.5 Å². The van der Waals surface area contributed by atoms with E-state index in [4.69, 9.17) is 5.73 Å². The normalized spacial score (nSPS) is 11.9. The summed E-state index contributed by atoms with van der Waals surface area (Å²) in [4.78, 5) is 22.1. The molecule has 5 heteroatoms. The van der Waals surface area contributed by atoms with Gasteiger partial charge in [-0.1, -0.05) is 0 Å². The minimum Gasteiger partial charge on any atom is -0.447 e. The number of halogens is 1. The highest BCUT2D eigenvalue weighted by molar-refractivity contribution is 5.95. The van der Waals surface area contributed by atoms with Crippen LogP contribution in [0.2, 0.25) is 0 Å². The molecule has 0 saturated carbocycles. The van der Waals surface area contributed by atoms with Gasteiger partial charge in [-0.15, -0.1) is 0 Å². The Morgan fingerprint density at radius 2 is 1.94 bits per heavy atom. The minimum atomic E-state index is -0.855. The van der Waals surface area contributed by atoms with E-state index in [0.29, 0.717) is 12.0 Å². The number of hydrogen-bond acceptors (Lipinski definition) is 3. The fourth-order valence-corrected chi connectivity index (χ4v) is 1.37. The molecule has 0 aromatic heterocycles. The highest BCUT2D eigenvalue weighted by Crippen LogP contribution is 2.09. The molecule has 0 fully saturated rings. The van der Waals surface area contributed by atoms with Gasteiger partial charge in [-0.3, -0.25) is 4.79 Å². The summed E-state index contributed by atoms with van der Waals surface area (Å²) < 4.78 is 17.3. The molecular formula is C12H14FNO3. The number of primary amides is 1. The van der Waals surface area contributed by atoms with Crippen molar-refractivity contribution in [1.29, 1.82) is 0 Å². The van der Waals surface area contributed by atoms with Gasteiger partial charge in [-0.05, 0) is 37.6 Å². The van der Waals surface area contributed by atoms with E-state index in [1.807, 2.05) is 0 Å². The summed E-state index contributed by atoms with van der Waals surface area (Å²) in [5.41, 5.74) is 5.28. The fourth-order valence-electron chi connectivity index (χ4n) is 1.37. The van der Waals surface area contributed by atoms with Crippen LogP contribution in [-0.2, 0) is 4.74 Å². The molecule has 0 saturated heterocycles. The lowest BCUT2D eigenvalue weighted by Gasteiger charge is -2.10. The number of nitrogens with two attached hydrogens (primary N) is 1. The molecule has 0 aliphatic rings. The molecule has 1 unspecified atom stereocenters. The average molecular weight is 239 g/mol. The quantitative estimate of drug-likeness (QED) is 0.801. The minimum absolute atomic E-state index is 0.120. The monoisotopic (exact) mass is 239 g/mol. The lowest BCUT2D eigenvalue weighted by atomic mass is 10.1. The van der Waals surface area contributed by atoms with Crippen LogP contribution in [-0.4, -0.2) is 18.0 Å². The van der Waals surface area contributed by atoms with Crippen molar-refractivity contribution >= 4 is 11.9 Å². The lowest BCUT2D eigenvalue weighted by Crippen LogP contribution is -2.21. The molecule has 92 valence electrons. The van der Waals surface area contributed by atoms with Crippen LogP contribution in [0, 0.1) is 5.82 Å². The molecule has 0 heterocycles. The average Bonchev–Trinajstić information content (AvgIpc) is 2.26. The van der Waals surface area contributed by atoms with E-state index in [9.17, 15) is 14.0 Å². The number of carbonyl (C=O) groups excluding carboxylic acids is 2. The Labute approximate surface area is 98.6 Å². The predicted octanol–water partition coefficient (Wildman–Crippen LogP) is 2.27. The Morgan fingerprint density at radius 1 is 1.35 bits per heavy atom. The van der Waals surface area contributed by atoms with E-state index in [0.717, 1.165) is 0 Å². The molecule has 4 nitrogen and oxygen atoms in total. The van der Waals surface area contributed by atoms with Gasteiger partial charge in [0.25, 0.3) is 0 Å². The van der Waals surface area contributed by atoms with Gasteiger partial charge in [0.05, 0.1) is 0 Å². The Hall–Kier alpha value is -1.91. The maximum atomic E-state index is 12.6. The second kappa shape index (κ2) is 5.98. The van der Waals surface area contributed by atoms with Gasteiger partial charge in [0.1, 0.15) is 11.9 Å². The third-order valence-corrected chi connectivity index (χ3v) is 2.26. The molecule has 0 radical (unpaired) electrons. The second-order valence-electron chi connectivity index (χ2n) is 3.72. The summed E-state index contributed by atoms with van der Waals surface area (Å²) in [6, 6.07) is 5.32. The maximum absolute atomic E-state index is 12.6. The lowest BCUT2D eigenvalue weighted by molar-refractivity contribution is 0.0898. The first kappa shape index (κ1) is 13.2. The highest BCUT2D eigenvalue weighted by Gasteiger charge is 2.11. The molecule has 1 aromatic rings. The van der Waals surface area contributed by atoms with Crippen molar-refractivity contribution in [3.63, 3.8) is 0 Å². The van der Waals surface area contributed by atoms with Gasteiger partial charge in [-0.2, -0.15) is 0 Å². The Bertz CT molecular complexity index is 403. The zero-order chi connectivity index (χ0) is 12.8. The van der Waals surface area contributed by atoms with Crippen LogP contribution in [0.25, 0.3) is 0 Å². The van der Waals surface area contributed by atoms with Gasteiger partial charge in [0.15, 0.2) is 5.78 Å². The van der Waals surface area contributed by atoms with Gasteiger partial charge >= 0.3 is 6.09 Å². The number of hydrogen-bond donors (Lipinski definition) is 1. The van der Waals surface area contributed by atoms with Crippen molar-refractivity contribution in [2.45, 2.75) is 25.9 Å². The van der Waals surface area contributed by atoms with Gasteiger partial charge in [0, 0.05) is 12.0 Å². The molecule has 0 aliphatic carbocycles. The third-order valence-electron chi connectivity index (χ3n) is 2.26. The van der Waals surface area contributed by atoms with E-state index in [2.05, 4.69) is 4.74 Å². The molecule has 1 amide bonds. The standard InChI is InChI=1S/C12H14FNO3/c1-8(17-12(14)16)2-7-11(15)9-3-5-10(13)6-4-9/h3-6,8H,2,7H2,1H3,(H2,14,16). The summed E-state index contributed by atoms with van der Waals surface area (Å²) in [7, 11) is 0. The first-order chi connectivity index (χ1) is 7.99. The highest BCUT2D eigenvalue weighted by atomic mass is 19.1. The molecule has 2 N–H and O–H groups in total. The number of amides is 1. The van der Waals surface area contributed by atoms with Crippen LogP contribution in [0.3, 0.4) is 0 Å². The van der Waals surface area contributed by atoms with Crippen molar-refractivity contribution in [2.75, 3.05) is 0 Å². The fraction of sp³-hybridized carbons (Fsp3) is 0.333. The number of rotatable bonds is 5. The van der Waals surface area contributed by atoms with Crippen molar-refractivity contribution in [3.05, 3.63) is 35.6 Å². The molecule has 0 spiro atoms. The maximum Gasteiger partial charge on any atom is 0.404 e. The summed E-state index contributed by atoms with van der Waals surface area (Å²) in [6.07, 6.45) is -0.650. The molecule has 17 heavy (non-hydrogen) atoms. The van der Waals surface area contributed by atoms with Crippen molar-refractivity contribution in [3.8, 4) is 0 Å². The second-order valence-corrected chi connectivity index (χ2v) is 3.72. The summed E-state index contributed by atoms with van der Waals surface area (Å²) in [6.45, 7) is 1.66. The Kier molecular flexibility index (Phi) is 4.63. The first-order valence-electron chi connectivity index (χ1n) is 5.24. The third kappa shape index (κ3) is 4.63. The largest absolute Gasteiger partial charge is 0.447 e. The van der Waals surface area contributed by atoms with E-state index >= 15 is 0 Å². The summed E-state index contributed by atoms with van der Waals surface area (Å²) in [5, 5.41) is 0. The zero-order valence-electron chi connectivity index (χ0n) is 9.48. The van der Waals surface area contributed by atoms with Crippen molar-refractivity contribution in [2.24, 2.45) is 5.73 Å². The Morgan fingerprint density at radius 3 is 2.47 bits per heavy atom. The topological polar surface area (TPSA) is 69.4 Å².